The van der Waals surface area contributed by atoms with E-state index in [9.17, 15) is 0 Å². The second-order valence-electron chi connectivity index (χ2n) is 6.27. The summed E-state index contributed by atoms with van der Waals surface area (Å²) in [5.41, 5.74) is 1.32. The van der Waals surface area contributed by atoms with E-state index >= 15 is 0 Å². The van der Waals surface area contributed by atoms with Crippen LogP contribution in [0.25, 0.3) is 0 Å². The van der Waals surface area contributed by atoms with Gasteiger partial charge in [0.1, 0.15) is 0 Å². The van der Waals surface area contributed by atoms with Crippen LogP contribution in [-0.4, -0.2) is 44.3 Å². The van der Waals surface area contributed by atoms with Gasteiger partial charge in [0.25, 0.3) is 0 Å². The molecule has 0 saturated carbocycles. The Morgan fingerprint density at radius 3 is 2.67 bits per heavy atom. The van der Waals surface area contributed by atoms with E-state index in [1.807, 2.05) is 0 Å². The number of halogens is 1. The minimum absolute atomic E-state index is 0.128. The van der Waals surface area contributed by atoms with E-state index in [-0.39, 0.29) is 5.54 Å². The van der Waals surface area contributed by atoms with Crippen LogP contribution in [-0.2, 0) is 6.54 Å². The predicted octanol–water partition coefficient (Wildman–Crippen LogP) is 3.04. The molecule has 0 fully saturated rings. The number of ether oxygens (including phenoxy) is 2. The number of fused-ring (bicyclic) bond motifs is 1. The van der Waals surface area contributed by atoms with E-state index < -0.39 is 0 Å². The molecule has 0 amide bonds. The van der Waals surface area contributed by atoms with Crippen LogP contribution in [0.5, 0.6) is 11.5 Å². The first-order valence-electron chi connectivity index (χ1n) is 7.36. The summed E-state index contributed by atoms with van der Waals surface area (Å²) in [6, 6.07) is 4.17. The molecule has 2 rings (SSSR count). The molecule has 0 aromatic heterocycles. The summed E-state index contributed by atoms with van der Waals surface area (Å²) in [6.07, 6.45) is 0.922. The highest BCUT2D eigenvalue weighted by Crippen LogP contribution is 2.38. The highest BCUT2D eigenvalue weighted by molar-refractivity contribution is 9.10. The molecule has 1 aromatic carbocycles. The quantitative estimate of drug-likeness (QED) is 0.878. The van der Waals surface area contributed by atoms with Gasteiger partial charge in [-0.05, 0) is 61.6 Å². The normalized spacial score (nSPS) is 15.1. The van der Waals surface area contributed by atoms with Crippen LogP contribution in [0.2, 0.25) is 0 Å². The smallest absolute Gasteiger partial charge is 0.175 e. The fourth-order valence-corrected chi connectivity index (χ4v) is 2.66. The first-order valence-corrected chi connectivity index (χ1v) is 8.15. The monoisotopic (exact) mass is 356 g/mol. The van der Waals surface area contributed by atoms with Crippen LogP contribution < -0.4 is 14.8 Å². The van der Waals surface area contributed by atoms with Crippen LogP contribution in [0.3, 0.4) is 0 Å². The van der Waals surface area contributed by atoms with Gasteiger partial charge < -0.3 is 19.7 Å². The van der Waals surface area contributed by atoms with Crippen LogP contribution in [0.15, 0.2) is 16.6 Å². The van der Waals surface area contributed by atoms with Gasteiger partial charge in [-0.3, -0.25) is 0 Å². The molecule has 0 saturated heterocycles. The lowest BCUT2D eigenvalue weighted by atomic mass is 10.0. The number of rotatable bonds is 5. The van der Waals surface area contributed by atoms with Crippen molar-refractivity contribution in [1.82, 2.24) is 10.2 Å². The Labute approximate surface area is 135 Å². The average molecular weight is 357 g/mol. The topological polar surface area (TPSA) is 33.7 Å². The van der Waals surface area contributed by atoms with Crippen molar-refractivity contribution in [2.24, 2.45) is 0 Å². The molecule has 0 spiro atoms. The van der Waals surface area contributed by atoms with E-state index in [4.69, 9.17) is 9.47 Å². The average Bonchev–Trinajstić information content (AvgIpc) is 2.64. The molecular weight excluding hydrogens is 332 g/mol. The molecule has 0 bridgehead atoms. The predicted molar refractivity (Wildman–Crippen MR) is 89.2 cm³/mol. The van der Waals surface area contributed by atoms with E-state index in [0.29, 0.717) is 13.2 Å². The fourth-order valence-electron chi connectivity index (χ4n) is 2.06. The summed E-state index contributed by atoms with van der Waals surface area (Å²) in [4.78, 5) is 2.23. The molecule has 1 aromatic rings. The minimum Gasteiger partial charge on any atom is -0.490 e. The van der Waals surface area contributed by atoms with Gasteiger partial charge in [-0.25, -0.2) is 0 Å². The van der Waals surface area contributed by atoms with Crippen molar-refractivity contribution in [3.05, 3.63) is 22.2 Å². The van der Waals surface area contributed by atoms with Crippen LogP contribution in [0.4, 0.5) is 0 Å². The molecule has 0 radical (unpaired) electrons. The third kappa shape index (κ3) is 4.34. The lowest BCUT2D eigenvalue weighted by Crippen LogP contribution is -2.46. The first kappa shape index (κ1) is 16.6. The molecule has 1 aliphatic rings. The van der Waals surface area contributed by atoms with Gasteiger partial charge in [0, 0.05) is 25.0 Å². The van der Waals surface area contributed by atoms with Gasteiger partial charge in [0.05, 0.1) is 17.7 Å². The van der Waals surface area contributed by atoms with Crippen molar-refractivity contribution in [2.45, 2.75) is 32.4 Å². The standard InChI is InChI=1S/C16H25BrN2O2/c1-16(2,19(3)4)11-18-10-12-8-13(17)15-14(9-12)20-6-5-7-21-15/h8-9,18H,5-7,10-11H2,1-4H3. The van der Waals surface area contributed by atoms with Crippen LogP contribution >= 0.6 is 15.9 Å². The molecule has 1 aliphatic heterocycles. The zero-order valence-electron chi connectivity index (χ0n) is 13.3. The van der Waals surface area contributed by atoms with Gasteiger partial charge in [-0.2, -0.15) is 0 Å². The van der Waals surface area contributed by atoms with Gasteiger partial charge in [0.2, 0.25) is 0 Å². The number of nitrogens with zero attached hydrogens (tertiary/aromatic N) is 1. The number of hydrogen-bond acceptors (Lipinski definition) is 4. The zero-order valence-corrected chi connectivity index (χ0v) is 14.9. The van der Waals surface area contributed by atoms with Crippen molar-refractivity contribution in [2.75, 3.05) is 33.9 Å². The molecule has 0 unspecified atom stereocenters. The molecule has 1 heterocycles. The van der Waals surface area contributed by atoms with E-state index in [0.717, 1.165) is 35.5 Å². The summed E-state index contributed by atoms with van der Waals surface area (Å²) in [5.74, 6) is 1.66. The van der Waals surface area contributed by atoms with Gasteiger partial charge in [-0.15, -0.1) is 0 Å². The minimum atomic E-state index is 0.128. The van der Waals surface area contributed by atoms with Gasteiger partial charge >= 0.3 is 0 Å². The lowest BCUT2D eigenvalue weighted by Gasteiger charge is -2.32. The van der Waals surface area contributed by atoms with Crippen molar-refractivity contribution in [3.8, 4) is 11.5 Å². The maximum atomic E-state index is 5.76. The second-order valence-corrected chi connectivity index (χ2v) is 7.12. The lowest BCUT2D eigenvalue weighted by molar-refractivity contribution is 0.189. The molecule has 5 heteroatoms. The fraction of sp³-hybridized carbons (Fsp3) is 0.625. The molecule has 0 atom stereocenters. The molecule has 21 heavy (non-hydrogen) atoms. The number of nitrogens with one attached hydrogen (secondary N) is 1. The number of likely N-dealkylation sites (N-methyl/N-ethyl adjacent to an activating group) is 1. The molecule has 4 nitrogen and oxygen atoms in total. The highest BCUT2D eigenvalue weighted by Gasteiger charge is 2.20. The Morgan fingerprint density at radius 1 is 1.24 bits per heavy atom. The van der Waals surface area contributed by atoms with Crippen LogP contribution in [0.1, 0.15) is 25.8 Å². The molecule has 118 valence electrons. The Bertz CT molecular complexity index is 489. The summed E-state index contributed by atoms with van der Waals surface area (Å²) in [6.45, 7) is 7.61. The van der Waals surface area contributed by atoms with Crippen LogP contribution in [0, 0.1) is 0 Å². The van der Waals surface area contributed by atoms with E-state index in [1.54, 1.807) is 0 Å². The Hall–Kier alpha value is -0.780. The first-order chi connectivity index (χ1) is 9.90. The molecular formula is C16H25BrN2O2. The van der Waals surface area contributed by atoms with Crippen molar-refractivity contribution in [1.29, 1.82) is 0 Å². The second kappa shape index (κ2) is 6.99. The van der Waals surface area contributed by atoms with Crippen molar-refractivity contribution >= 4 is 15.9 Å². The number of benzene rings is 1. The maximum Gasteiger partial charge on any atom is 0.175 e. The van der Waals surface area contributed by atoms with Crippen molar-refractivity contribution in [3.63, 3.8) is 0 Å². The number of hydrogen-bond donors (Lipinski definition) is 1. The summed E-state index contributed by atoms with van der Waals surface area (Å²) in [5, 5.41) is 3.51. The summed E-state index contributed by atoms with van der Waals surface area (Å²) >= 11 is 3.58. The Kier molecular flexibility index (Phi) is 5.52. The largest absolute Gasteiger partial charge is 0.490 e. The maximum absolute atomic E-state index is 5.76. The van der Waals surface area contributed by atoms with Gasteiger partial charge in [0.15, 0.2) is 11.5 Å². The Morgan fingerprint density at radius 2 is 1.95 bits per heavy atom. The SMILES string of the molecule is CN(C)C(C)(C)CNCc1cc(Br)c2c(c1)OCCCO2. The molecule has 1 N–H and O–H groups in total. The third-order valence-electron chi connectivity index (χ3n) is 3.96. The van der Waals surface area contributed by atoms with Crippen molar-refractivity contribution < 1.29 is 9.47 Å². The summed E-state index contributed by atoms with van der Waals surface area (Å²) < 4.78 is 12.5. The third-order valence-corrected chi connectivity index (χ3v) is 4.55. The van der Waals surface area contributed by atoms with E-state index in [2.05, 4.69) is 66.2 Å². The zero-order chi connectivity index (χ0) is 15.5. The summed E-state index contributed by atoms with van der Waals surface area (Å²) in [7, 11) is 4.21. The van der Waals surface area contributed by atoms with E-state index in [1.165, 1.54) is 5.56 Å². The highest BCUT2D eigenvalue weighted by atomic mass is 79.9. The Balaban J connectivity index is 2.01. The molecule has 0 aliphatic carbocycles. The van der Waals surface area contributed by atoms with Gasteiger partial charge in [-0.1, -0.05) is 0 Å².